The molecule has 1 aliphatic heterocycles. The number of hydrogen-bond acceptors (Lipinski definition) is 3. The molecule has 5 heteroatoms. The number of rotatable bonds is 6. The second kappa shape index (κ2) is 8.59. The van der Waals surface area contributed by atoms with Crippen LogP contribution in [0.15, 0.2) is 11.6 Å². The van der Waals surface area contributed by atoms with Crippen molar-refractivity contribution in [3.8, 4) is 0 Å². The molecule has 0 aromatic heterocycles. The summed E-state index contributed by atoms with van der Waals surface area (Å²) in [4.78, 5) is 26.7. The molecule has 2 fully saturated rings. The number of allylic oxidation sites excluding steroid dienone is 2. The molecule has 2 aliphatic rings. The minimum atomic E-state index is -0.872. The van der Waals surface area contributed by atoms with E-state index in [0.717, 1.165) is 38.5 Å². The van der Waals surface area contributed by atoms with E-state index in [9.17, 15) is 14.7 Å². The first-order chi connectivity index (χ1) is 12.5. The van der Waals surface area contributed by atoms with Crippen molar-refractivity contribution in [2.75, 3.05) is 0 Å². The minimum absolute atomic E-state index is 0.0174. The smallest absolute Gasteiger partial charge is 0.327 e. The van der Waals surface area contributed by atoms with E-state index in [2.05, 4.69) is 33.8 Å². The van der Waals surface area contributed by atoms with Crippen molar-refractivity contribution in [3.63, 3.8) is 0 Å². The van der Waals surface area contributed by atoms with Crippen molar-refractivity contribution in [2.45, 2.75) is 102 Å². The van der Waals surface area contributed by atoms with E-state index in [1.165, 1.54) is 5.57 Å². The van der Waals surface area contributed by atoms with Crippen molar-refractivity contribution < 1.29 is 14.7 Å². The van der Waals surface area contributed by atoms with Crippen molar-refractivity contribution in [3.05, 3.63) is 11.6 Å². The molecule has 0 aromatic rings. The SMILES string of the molecule is CC(C)CC=C1CCC2(CC1)SC(C)(C)[C@@H](C(=O)O)N2C(=O)CCC(C)C. The predicted molar refractivity (Wildman–Crippen MR) is 113 cm³/mol. The van der Waals surface area contributed by atoms with E-state index in [0.29, 0.717) is 18.3 Å². The van der Waals surface area contributed by atoms with Gasteiger partial charge in [0, 0.05) is 11.2 Å². The van der Waals surface area contributed by atoms with Crippen molar-refractivity contribution in [1.82, 2.24) is 4.90 Å². The molecule has 0 unspecified atom stereocenters. The fourth-order valence-electron chi connectivity index (χ4n) is 4.36. The van der Waals surface area contributed by atoms with Gasteiger partial charge in [-0.25, -0.2) is 4.79 Å². The lowest BCUT2D eigenvalue weighted by Crippen LogP contribution is -2.55. The zero-order chi connectivity index (χ0) is 20.4. The molecule has 1 spiro atoms. The molecule has 2 rings (SSSR count). The van der Waals surface area contributed by atoms with Crippen molar-refractivity contribution in [1.29, 1.82) is 0 Å². The highest BCUT2D eigenvalue weighted by atomic mass is 32.2. The van der Waals surface area contributed by atoms with Crippen LogP contribution in [0.5, 0.6) is 0 Å². The fourth-order valence-corrected chi connectivity index (χ4v) is 6.37. The molecule has 1 heterocycles. The molecule has 4 nitrogen and oxygen atoms in total. The largest absolute Gasteiger partial charge is 0.480 e. The lowest BCUT2D eigenvalue weighted by molar-refractivity contribution is -0.154. The Kier molecular flexibility index (Phi) is 7.10. The average molecular weight is 396 g/mol. The Morgan fingerprint density at radius 2 is 1.78 bits per heavy atom. The lowest BCUT2D eigenvalue weighted by atomic mass is 9.86. The predicted octanol–water partition coefficient (Wildman–Crippen LogP) is 5.47. The summed E-state index contributed by atoms with van der Waals surface area (Å²) in [5, 5.41) is 9.94. The number of carboxylic acids is 1. The van der Waals surface area contributed by atoms with Crippen molar-refractivity contribution in [2.24, 2.45) is 11.8 Å². The van der Waals surface area contributed by atoms with Gasteiger partial charge in [-0.1, -0.05) is 39.3 Å². The number of carboxylic acid groups (broad SMARTS) is 1. The maximum Gasteiger partial charge on any atom is 0.327 e. The summed E-state index contributed by atoms with van der Waals surface area (Å²) in [5.41, 5.74) is 1.47. The third kappa shape index (κ3) is 5.10. The second-order valence-corrected chi connectivity index (χ2v) is 11.6. The number of nitrogens with zero attached hydrogens (tertiary/aromatic N) is 1. The zero-order valence-electron chi connectivity index (χ0n) is 17.9. The molecule has 27 heavy (non-hydrogen) atoms. The first-order valence-corrected chi connectivity index (χ1v) is 11.2. The molecule has 154 valence electrons. The first kappa shape index (κ1) is 22.3. The molecule has 0 radical (unpaired) electrons. The van der Waals surface area contributed by atoms with Crippen LogP contribution in [-0.2, 0) is 9.59 Å². The van der Waals surface area contributed by atoms with Crippen LogP contribution in [-0.4, -0.2) is 37.5 Å². The molecular formula is C22H37NO3S. The van der Waals surface area contributed by atoms with Gasteiger partial charge in [-0.3, -0.25) is 4.79 Å². The number of aliphatic carboxylic acids is 1. The van der Waals surface area contributed by atoms with Gasteiger partial charge in [0.25, 0.3) is 0 Å². The van der Waals surface area contributed by atoms with Gasteiger partial charge in [0.15, 0.2) is 0 Å². The molecule has 1 amide bonds. The fraction of sp³-hybridized carbons (Fsp3) is 0.818. The molecule has 1 saturated carbocycles. The van der Waals surface area contributed by atoms with Gasteiger partial charge in [-0.2, -0.15) is 0 Å². The summed E-state index contributed by atoms with van der Waals surface area (Å²) < 4.78 is -0.474. The topological polar surface area (TPSA) is 57.6 Å². The molecule has 0 aromatic carbocycles. The van der Waals surface area contributed by atoms with E-state index in [1.807, 2.05) is 13.8 Å². The number of carbonyl (C=O) groups is 2. The van der Waals surface area contributed by atoms with Crippen molar-refractivity contribution >= 4 is 23.6 Å². The summed E-state index contributed by atoms with van der Waals surface area (Å²) in [5.74, 6) is 0.235. The quantitative estimate of drug-likeness (QED) is 0.606. The van der Waals surface area contributed by atoms with Crippen LogP contribution in [0.25, 0.3) is 0 Å². The molecule has 1 saturated heterocycles. The molecule has 0 bridgehead atoms. The van der Waals surface area contributed by atoms with E-state index >= 15 is 0 Å². The Morgan fingerprint density at radius 3 is 2.26 bits per heavy atom. The van der Waals surface area contributed by atoms with Crippen LogP contribution < -0.4 is 0 Å². The summed E-state index contributed by atoms with van der Waals surface area (Å²) in [6.45, 7) is 12.6. The number of amides is 1. The second-order valence-electron chi connectivity index (χ2n) is 9.58. The van der Waals surface area contributed by atoms with Crippen LogP contribution in [0.1, 0.15) is 86.5 Å². The normalized spacial score (nSPS) is 27.6. The highest BCUT2D eigenvalue weighted by Gasteiger charge is 2.60. The third-order valence-electron chi connectivity index (χ3n) is 5.80. The van der Waals surface area contributed by atoms with Crippen LogP contribution in [0.3, 0.4) is 0 Å². The van der Waals surface area contributed by atoms with Gasteiger partial charge in [0.1, 0.15) is 6.04 Å². The molecule has 1 aliphatic carbocycles. The first-order valence-electron chi connectivity index (χ1n) is 10.4. The van der Waals surface area contributed by atoms with Crippen LogP contribution in [0.4, 0.5) is 0 Å². The van der Waals surface area contributed by atoms with Crippen LogP contribution in [0.2, 0.25) is 0 Å². The maximum absolute atomic E-state index is 13.2. The summed E-state index contributed by atoms with van der Waals surface area (Å²) in [6.07, 6.45) is 8.37. The zero-order valence-corrected chi connectivity index (χ0v) is 18.7. The van der Waals surface area contributed by atoms with Gasteiger partial charge < -0.3 is 10.0 Å². The molecule has 1 atom stereocenters. The van der Waals surface area contributed by atoms with Gasteiger partial charge >= 0.3 is 5.97 Å². The van der Waals surface area contributed by atoms with Gasteiger partial charge in [0.2, 0.25) is 5.91 Å². The van der Waals surface area contributed by atoms with E-state index in [4.69, 9.17) is 0 Å². The average Bonchev–Trinajstić information content (AvgIpc) is 2.79. The third-order valence-corrected chi connectivity index (χ3v) is 7.53. The van der Waals surface area contributed by atoms with E-state index < -0.39 is 16.8 Å². The summed E-state index contributed by atoms with van der Waals surface area (Å²) in [6, 6.07) is -0.747. The highest BCUT2D eigenvalue weighted by Crippen LogP contribution is 2.58. The monoisotopic (exact) mass is 395 g/mol. The summed E-state index contributed by atoms with van der Waals surface area (Å²) in [7, 11) is 0. The highest BCUT2D eigenvalue weighted by molar-refractivity contribution is 8.02. The Balaban J connectivity index is 2.26. The Bertz CT molecular complexity index is 584. The maximum atomic E-state index is 13.2. The molecular weight excluding hydrogens is 358 g/mol. The number of hydrogen-bond donors (Lipinski definition) is 1. The van der Waals surface area contributed by atoms with Crippen LogP contribution >= 0.6 is 11.8 Å². The number of thioether (sulfide) groups is 1. The van der Waals surface area contributed by atoms with Crippen LogP contribution in [0, 0.1) is 11.8 Å². The Labute approximate surface area is 169 Å². The summed E-state index contributed by atoms with van der Waals surface area (Å²) >= 11 is 1.72. The lowest BCUT2D eigenvalue weighted by Gasteiger charge is -2.42. The standard InChI is InChI=1S/C22H37NO3S/c1-15(2)7-9-17-11-13-22(14-12-17)23(18(24)10-8-16(3)4)19(20(25)26)21(5,6)27-22/h9,15-16,19H,7-8,10-14H2,1-6H3,(H,25,26)/t19-,22?/m1/s1. The Hall–Kier alpha value is -0.970. The van der Waals surface area contributed by atoms with E-state index in [-0.39, 0.29) is 10.8 Å². The van der Waals surface area contributed by atoms with Gasteiger partial charge in [-0.05, 0) is 64.2 Å². The van der Waals surface area contributed by atoms with Gasteiger partial charge in [0.05, 0.1) is 4.87 Å². The Morgan fingerprint density at radius 1 is 1.19 bits per heavy atom. The number of carbonyl (C=O) groups excluding carboxylic acids is 1. The molecule has 1 N–H and O–H groups in total. The van der Waals surface area contributed by atoms with E-state index in [1.54, 1.807) is 16.7 Å². The minimum Gasteiger partial charge on any atom is -0.480 e. The van der Waals surface area contributed by atoms with Gasteiger partial charge in [-0.15, -0.1) is 11.8 Å².